The van der Waals surface area contributed by atoms with E-state index < -0.39 is 0 Å². The lowest BCUT2D eigenvalue weighted by Gasteiger charge is -2.26. The quantitative estimate of drug-likeness (QED) is 0.817. The first-order valence-corrected chi connectivity index (χ1v) is 5.35. The van der Waals surface area contributed by atoms with Gasteiger partial charge in [-0.15, -0.1) is 0 Å². The van der Waals surface area contributed by atoms with Crippen molar-refractivity contribution in [3.05, 3.63) is 24.5 Å². The number of hydrogen-bond donors (Lipinski definition) is 2. The first kappa shape index (κ1) is 12.6. The summed E-state index contributed by atoms with van der Waals surface area (Å²) in [6.07, 6.45) is 3.60. The van der Waals surface area contributed by atoms with E-state index in [-0.39, 0.29) is 17.4 Å². The van der Waals surface area contributed by atoms with Crippen molar-refractivity contribution in [2.45, 2.75) is 33.2 Å². The molecule has 0 saturated heterocycles. The molecule has 0 aliphatic carbocycles. The largest absolute Gasteiger partial charge is 0.327 e. The summed E-state index contributed by atoms with van der Waals surface area (Å²) >= 11 is 0. The Balaban J connectivity index is 2.49. The number of carbonyl (C=O) groups is 1. The third-order valence-electron chi connectivity index (χ3n) is 2.48. The van der Waals surface area contributed by atoms with Gasteiger partial charge in [0, 0.05) is 30.5 Å². The molecule has 1 atom stereocenters. The molecule has 0 spiro atoms. The Hall–Kier alpha value is -1.42. The van der Waals surface area contributed by atoms with E-state index in [1.54, 1.807) is 24.5 Å². The van der Waals surface area contributed by atoms with E-state index in [1.165, 1.54) is 0 Å². The third-order valence-corrected chi connectivity index (χ3v) is 2.48. The molecule has 4 heteroatoms. The van der Waals surface area contributed by atoms with Crippen LogP contribution in [0.3, 0.4) is 0 Å². The van der Waals surface area contributed by atoms with Crippen molar-refractivity contribution < 1.29 is 4.79 Å². The monoisotopic (exact) mass is 221 g/mol. The number of carbonyl (C=O) groups excluding carboxylic acids is 1. The maximum Gasteiger partial charge on any atom is 0.225 e. The Labute approximate surface area is 96.3 Å². The zero-order chi connectivity index (χ0) is 12.2. The predicted molar refractivity (Wildman–Crippen MR) is 64.9 cm³/mol. The maximum absolute atomic E-state index is 11.7. The van der Waals surface area contributed by atoms with Crippen molar-refractivity contribution in [3.8, 4) is 0 Å². The van der Waals surface area contributed by atoms with Gasteiger partial charge in [-0.3, -0.25) is 9.78 Å². The second-order valence-corrected chi connectivity index (χ2v) is 4.96. The van der Waals surface area contributed by atoms with Crippen LogP contribution in [0.5, 0.6) is 0 Å². The van der Waals surface area contributed by atoms with Crippen LogP contribution < -0.4 is 11.1 Å². The molecule has 0 aromatic carbocycles. The highest BCUT2D eigenvalue weighted by Crippen LogP contribution is 2.20. The molecule has 16 heavy (non-hydrogen) atoms. The summed E-state index contributed by atoms with van der Waals surface area (Å²) in [7, 11) is 0. The second-order valence-electron chi connectivity index (χ2n) is 4.96. The summed E-state index contributed by atoms with van der Waals surface area (Å²) < 4.78 is 0. The lowest BCUT2D eigenvalue weighted by atomic mass is 9.85. The average Bonchev–Trinajstić information content (AvgIpc) is 2.17. The van der Waals surface area contributed by atoms with Crippen LogP contribution in [-0.4, -0.2) is 16.9 Å². The molecule has 3 N–H and O–H groups in total. The number of amides is 1. The van der Waals surface area contributed by atoms with Gasteiger partial charge in [-0.25, -0.2) is 0 Å². The molecule has 1 aromatic heterocycles. The highest BCUT2D eigenvalue weighted by molar-refractivity contribution is 5.91. The molecule has 1 aromatic rings. The number of nitrogens with zero attached hydrogens (tertiary/aromatic N) is 1. The summed E-state index contributed by atoms with van der Waals surface area (Å²) in [5.41, 5.74) is 6.62. The van der Waals surface area contributed by atoms with Crippen molar-refractivity contribution >= 4 is 11.6 Å². The lowest BCUT2D eigenvalue weighted by Crippen LogP contribution is -2.38. The number of anilines is 1. The number of pyridine rings is 1. The minimum Gasteiger partial charge on any atom is -0.327 e. The number of nitrogens with one attached hydrogen (secondary N) is 1. The molecule has 88 valence electrons. The molecular weight excluding hydrogens is 202 g/mol. The van der Waals surface area contributed by atoms with E-state index in [0.29, 0.717) is 6.42 Å². The van der Waals surface area contributed by atoms with Crippen LogP contribution in [0, 0.1) is 5.41 Å². The van der Waals surface area contributed by atoms with Crippen LogP contribution in [0.4, 0.5) is 5.69 Å². The molecule has 1 amide bonds. The van der Waals surface area contributed by atoms with E-state index in [1.807, 2.05) is 20.8 Å². The van der Waals surface area contributed by atoms with Gasteiger partial charge in [0.25, 0.3) is 0 Å². The number of nitrogens with two attached hydrogens (primary N) is 1. The van der Waals surface area contributed by atoms with Crippen molar-refractivity contribution in [3.63, 3.8) is 0 Å². The van der Waals surface area contributed by atoms with Gasteiger partial charge in [0.1, 0.15) is 0 Å². The summed E-state index contributed by atoms with van der Waals surface area (Å²) in [5, 5.41) is 2.79. The molecule has 4 nitrogen and oxygen atoms in total. The van der Waals surface area contributed by atoms with Crippen molar-refractivity contribution in [1.82, 2.24) is 4.98 Å². The molecule has 0 radical (unpaired) electrons. The van der Waals surface area contributed by atoms with Gasteiger partial charge in [-0.05, 0) is 17.5 Å². The van der Waals surface area contributed by atoms with E-state index in [9.17, 15) is 4.79 Å². The van der Waals surface area contributed by atoms with E-state index in [2.05, 4.69) is 10.3 Å². The fourth-order valence-corrected chi connectivity index (χ4v) is 1.15. The zero-order valence-corrected chi connectivity index (χ0v) is 10.0. The highest BCUT2D eigenvalue weighted by atomic mass is 16.1. The third kappa shape index (κ3) is 3.98. The minimum atomic E-state index is -0.144. The molecule has 1 heterocycles. The Kier molecular flexibility index (Phi) is 4.01. The molecule has 0 fully saturated rings. The molecule has 0 saturated carbocycles. The minimum absolute atomic E-state index is 0.0599. The first-order chi connectivity index (χ1) is 7.39. The van der Waals surface area contributed by atoms with Gasteiger partial charge in [-0.2, -0.15) is 0 Å². The van der Waals surface area contributed by atoms with Crippen molar-refractivity contribution in [2.75, 3.05) is 5.32 Å². The smallest absolute Gasteiger partial charge is 0.225 e. The topological polar surface area (TPSA) is 68.0 Å². The number of rotatable bonds is 3. The molecular formula is C12H19N3O. The molecule has 1 unspecified atom stereocenters. The van der Waals surface area contributed by atoms with Crippen LogP contribution in [-0.2, 0) is 4.79 Å². The van der Waals surface area contributed by atoms with Crippen molar-refractivity contribution in [1.29, 1.82) is 0 Å². The van der Waals surface area contributed by atoms with Crippen LogP contribution in [0.1, 0.15) is 27.2 Å². The predicted octanol–water partition coefficient (Wildman–Crippen LogP) is 1.78. The van der Waals surface area contributed by atoms with Gasteiger partial charge in [0.05, 0.1) is 0 Å². The Morgan fingerprint density at radius 3 is 2.50 bits per heavy atom. The summed E-state index contributed by atoms with van der Waals surface area (Å²) in [4.78, 5) is 15.5. The number of hydrogen-bond acceptors (Lipinski definition) is 3. The maximum atomic E-state index is 11.7. The van der Waals surface area contributed by atoms with E-state index in [0.717, 1.165) is 5.69 Å². The van der Waals surface area contributed by atoms with Gasteiger partial charge in [-0.1, -0.05) is 20.8 Å². The van der Waals surface area contributed by atoms with Crippen LogP contribution >= 0.6 is 0 Å². The average molecular weight is 221 g/mol. The molecule has 0 aliphatic rings. The van der Waals surface area contributed by atoms with E-state index >= 15 is 0 Å². The highest BCUT2D eigenvalue weighted by Gasteiger charge is 2.22. The normalized spacial score (nSPS) is 13.2. The molecule has 0 aliphatic heterocycles. The van der Waals surface area contributed by atoms with Crippen LogP contribution in [0.2, 0.25) is 0 Å². The summed E-state index contributed by atoms with van der Waals surface area (Å²) in [6.45, 7) is 6.08. The fraction of sp³-hybridized carbons (Fsp3) is 0.500. The zero-order valence-electron chi connectivity index (χ0n) is 10.0. The van der Waals surface area contributed by atoms with Crippen LogP contribution in [0.25, 0.3) is 0 Å². The van der Waals surface area contributed by atoms with Crippen LogP contribution in [0.15, 0.2) is 24.5 Å². The Morgan fingerprint density at radius 1 is 1.44 bits per heavy atom. The molecule has 1 rings (SSSR count). The van der Waals surface area contributed by atoms with Gasteiger partial charge < -0.3 is 11.1 Å². The van der Waals surface area contributed by atoms with Gasteiger partial charge >= 0.3 is 0 Å². The summed E-state index contributed by atoms with van der Waals surface area (Å²) in [6, 6.07) is 3.36. The fourth-order valence-electron chi connectivity index (χ4n) is 1.15. The van der Waals surface area contributed by atoms with Gasteiger partial charge in [0.2, 0.25) is 5.91 Å². The van der Waals surface area contributed by atoms with Crippen molar-refractivity contribution in [2.24, 2.45) is 11.1 Å². The SMILES string of the molecule is CC(C)(C)C(N)CC(=O)Nc1ccncc1. The Bertz CT molecular complexity index is 343. The number of aromatic nitrogens is 1. The lowest BCUT2D eigenvalue weighted by molar-refractivity contribution is -0.117. The van der Waals surface area contributed by atoms with E-state index in [4.69, 9.17) is 5.73 Å². The standard InChI is InChI=1S/C12H19N3O/c1-12(2,3)10(13)8-11(16)15-9-4-6-14-7-5-9/h4-7,10H,8,13H2,1-3H3,(H,14,15,16). The second kappa shape index (κ2) is 5.07. The molecule has 0 bridgehead atoms. The van der Waals surface area contributed by atoms with Gasteiger partial charge in [0.15, 0.2) is 0 Å². The first-order valence-electron chi connectivity index (χ1n) is 5.35. The Morgan fingerprint density at radius 2 is 2.00 bits per heavy atom. The summed E-state index contributed by atoms with van der Waals surface area (Å²) in [5.74, 6) is -0.0615.